The Labute approximate surface area is 303 Å². The maximum Gasteiger partial charge on any atom is -0.0733 e. The van der Waals surface area contributed by atoms with Gasteiger partial charge in [-0.05, 0) is 28.4 Å². The van der Waals surface area contributed by atoms with E-state index in [1.807, 2.05) is 0 Å². The van der Waals surface area contributed by atoms with Crippen LogP contribution in [0.1, 0.15) is 123 Å². The topological polar surface area (TPSA) is 0 Å². The fraction of sp³-hybridized carbons (Fsp3) is 0.452. The van der Waals surface area contributed by atoms with Gasteiger partial charge in [-0.25, -0.2) is 5.57 Å². The smallest absolute Gasteiger partial charge is 0.0733 e. The van der Waals surface area contributed by atoms with Crippen LogP contribution in [0, 0.1) is 24.0 Å². The molecule has 45 heavy (non-hydrogen) atoms. The van der Waals surface area contributed by atoms with E-state index >= 15 is 0 Å². The monoisotopic (exact) mass is 718 g/mol. The molecule has 3 aromatic rings. The molecule has 2 aliphatic rings. The number of rotatable bonds is 2. The Kier molecular flexibility index (Phi) is 15.2. The molecular formula is C42H54Cl2Zr-2. The van der Waals surface area contributed by atoms with Crippen molar-refractivity contribution in [1.82, 2.24) is 0 Å². The zero-order chi connectivity index (χ0) is 32.3. The first kappa shape index (κ1) is 41.5. The van der Waals surface area contributed by atoms with Crippen molar-refractivity contribution in [3.63, 3.8) is 0 Å². The average molecular weight is 721 g/mol. The van der Waals surface area contributed by atoms with Crippen LogP contribution in [0.25, 0.3) is 11.1 Å². The van der Waals surface area contributed by atoms with E-state index in [2.05, 4.69) is 167 Å². The maximum atomic E-state index is 3.67. The van der Waals surface area contributed by atoms with Gasteiger partial charge in [-0.2, -0.15) is 35.4 Å². The van der Waals surface area contributed by atoms with E-state index in [1.54, 1.807) is 0 Å². The first-order chi connectivity index (χ1) is 19.8. The number of hydrogen-bond donors (Lipinski definition) is 0. The molecule has 5 rings (SSSR count). The van der Waals surface area contributed by atoms with Crippen molar-refractivity contribution in [1.29, 1.82) is 0 Å². The molecule has 0 N–H and O–H groups in total. The minimum Gasteiger partial charge on any atom is -1.00 e. The van der Waals surface area contributed by atoms with Crippen LogP contribution in [-0.4, -0.2) is 3.71 Å². The Bertz CT molecular complexity index is 1420. The number of hydrogen-bond acceptors (Lipinski definition) is 0. The van der Waals surface area contributed by atoms with Crippen molar-refractivity contribution < 1.29 is 49.0 Å². The molecule has 3 heteroatoms. The summed E-state index contributed by atoms with van der Waals surface area (Å²) in [4.78, 5) is 0. The molecule has 0 saturated carbocycles. The van der Waals surface area contributed by atoms with E-state index in [0.717, 1.165) is 6.42 Å². The molecule has 0 amide bonds. The van der Waals surface area contributed by atoms with Gasteiger partial charge in [-0.3, -0.25) is 6.08 Å². The minimum absolute atomic E-state index is 0. The molecule has 1 unspecified atom stereocenters. The third-order valence-corrected chi connectivity index (χ3v) is 9.16. The quantitative estimate of drug-likeness (QED) is 0.247. The van der Waals surface area contributed by atoms with E-state index in [1.165, 1.54) is 79.9 Å². The van der Waals surface area contributed by atoms with Gasteiger partial charge in [0.05, 0.1) is 0 Å². The summed E-state index contributed by atoms with van der Waals surface area (Å²) in [6.45, 7) is 29.1. The number of halogens is 2. The maximum absolute atomic E-state index is 3.67. The summed E-state index contributed by atoms with van der Waals surface area (Å²) in [5.74, 6) is 1.20. The van der Waals surface area contributed by atoms with E-state index in [0.29, 0.717) is 11.8 Å². The van der Waals surface area contributed by atoms with Crippen molar-refractivity contribution in [3.05, 3.63) is 117 Å². The summed E-state index contributed by atoms with van der Waals surface area (Å²) in [6.07, 6.45) is 6.70. The summed E-state index contributed by atoms with van der Waals surface area (Å²) < 4.78 is 2.21. The van der Waals surface area contributed by atoms with Crippen LogP contribution in [0.3, 0.4) is 0 Å². The molecule has 0 saturated heterocycles. The van der Waals surface area contributed by atoms with Gasteiger partial charge >= 0.3 is 89.5 Å². The predicted octanol–water partition coefficient (Wildman–Crippen LogP) is 5.31. The fourth-order valence-corrected chi connectivity index (χ4v) is 6.07. The molecular weight excluding hydrogens is 667 g/mol. The van der Waals surface area contributed by atoms with Gasteiger partial charge in [0.2, 0.25) is 0 Å². The molecule has 0 aromatic heterocycles. The standard InChI is InChI=1S/C21H25.C11H14.C10H15.2ClH.Zr/c1-20(2,3)16-7-9-18-14(12-16)11-15-13-17(21(4,5)6)8-10-19(15)18;1-9-5-7-10(8-6-9)11(2,3)4;1-7(2)10-6-8(3)5-9(10)4;;;/h7-10,12H,11H2,1-6H3;1,5-8H,2-4H3;6-8H,1-4H3;2*1H;/q-1;;-1;;;+2/p-2. The Hall–Kier alpha value is -1.53. The second-order valence-electron chi connectivity index (χ2n) is 15.7. The SMILES string of the molecule is CC(C)(C)c1[c-]c2c(cc1)-c1ccc(C(C)(C)C)cc1C2.CC(C)(C)c1ccc([CH]=[Zr+2])cc1.CC1=[C-]C(C)C=C1C(C)C.[Cl-].[Cl-]. The summed E-state index contributed by atoms with van der Waals surface area (Å²) >= 11 is 1.46. The molecule has 0 nitrogen and oxygen atoms in total. The Morgan fingerprint density at radius 3 is 1.71 bits per heavy atom. The Morgan fingerprint density at radius 1 is 0.756 bits per heavy atom. The zero-order valence-electron chi connectivity index (χ0n) is 30.0. The normalized spacial score (nSPS) is 15.2. The molecule has 3 aromatic carbocycles. The molecule has 0 radical (unpaired) electrons. The van der Waals surface area contributed by atoms with Crippen LogP contribution < -0.4 is 24.8 Å². The summed E-state index contributed by atoms with van der Waals surface area (Å²) in [7, 11) is 0. The van der Waals surface area contributed by atoms with Crippen molar-refractivity contribution in [2.75, 3.05) is 0 Å². The molecule has 0 bridgehead atoms. The predicted molar refractivity (Wildman–Crippen MR) is 186 cm³/mol. The summed E-state index contributed by atoms with van der Waals surface area (Å²) in [5, 5.41) is 0. The van der Waals surface area contributed by atoms with Crippen LogP contribution in [0.15, 0.2) is 71.8 Å². The Morgan fingerprint density at radius 2 is 1.29 bits per heavy atom. The summed E-state index contributed by atoms with van der Waals surface area (Å²) in [6, 6.07) is 24.0. The molecule has 0 heterocycles. The van der Waals surface area contributed by atoms with Gasteiger partial charge in [0.15, 0.2) is 0 Å². The second-order valence-corrected chi connectivity index (χ2v) is 16.4. The molecule has 1 atom stereocenters. The molecule has 0 aliphatic heterocycles. The average Bonchev–Trinajstić information content (AvgIpc) is 3.45. The number of benzene rings is 3. The van der Waals surface area contributed by atoms with Crippen molar-refractivity contribution in [2.45, 2.75) is 113 Å². The zero-order valence-corrected chi connectivity index (χ0v) is 33.9. The van der Waals surface area contributed by atoms with Crippen LogP contribution in [-0.2, 0) is 46.9 Å². The van der Waals surface area contributed by atoms with Gasteiger partial charge < -0.3 is 24.8 Å². The molecule has 0 spiro atoms. The van der Waals surface area contributed by atoms with Gasteiger partial charge in [0.25, 0.3) is 0 Å². The van der Waals surface area contributed by atoms with Crippen LogP contribution in [0.4, 0.5) is 0 Å². The van der Waals surface area contributed by atoms with Crippen LogP contribution in [0.2, 0.25) is 0 Å². The molecule has 0 fully saturated rings. The minimum atomic E-state index is 0. The fourth-order valence-electron chi connectivity index (χ4n) is 5.59. The summed E-state index contributed by atoms with van der Waals surface area (Å²) in [5.41, 5.74) is 14.6. The second kappa shape index (κ2) is 16.5. The van der Waals surface area contributed by atoms with Crippen LogP contribution in [0.5, 0.6) is 0 Å². The van der Waals surface area contributed by atoms with Gasteiger partial charge in [0, 0.05) is 0 Å². The first-order valence-electron chi connectivity index (χ1n) is 15.9. The van der Waals surface area contributed by atoms with Crippen molar-refractivity contribution in [2.24, 2.45) is 11.8 Å². The van der Waals surface area contributed by atoms with Crippen molar-refractivity contribution >= 4 is 3.71 Å². The van der Waals surface area contributed by atoms with E-state index < -0.39 is 0 Å². The first-order valence-corrected chi connectivity index (χ1v) is 17.4. The van der Waals surface area contributed by atoms with Gasteiger partial charge in [-0.1, -0.05) is 105 Å². The largest absolute Gasteiger partial charge is 1.00 e. The Balaban J connectivity index is 0.000000362. The van der Waals surface area contributed by atoms with E-state index in [9.17, 15) is 0 Å². The van der Waals surface area contributed by atoms with Crippen LogP contribution >= 0.6 is 0 Å². The molecule has 242 valence electrons. The number of allylic oxidation sites excluding steroid dienone is 4. The number of fused-ring (bicyclic) bond motifs is 3. The van der Waals surface area contributed by atoms with E-state index in [4.69, 9.17) is 0 Å². The van der Waals surface area contributed by atoms with Gasteiger partial charge in [0.1, 0.15) is 0 Å². The molecule has 2 aliphatic carbocycles. The van der Waals surface area contributed by atoms with E-state index in [-0.39, 0.29) is 41.1 Å². The third-order valence-electron chi connectivity index (χ3n) is 8.34. The third kappa shape index (κ3) is 11.3. The van der Waals surface area contributed by atoms with Gasteiger partial charge in [-0.15, -0.1) is 11.1 Å². The van der Waals surface area contributed by atoms with Crippen molar-refractivity contribution in [3.8, 4) is 11.1 Å².